The Morgan fingerprint density at radius 3 is 2.54 bits per heavy atom. The molecule has 24 heavy (non-hydrogen) atoms. The third kappa shape index (κ3) is 2.75. The average Bonchev–Trinajstić information content (AvgIpc) is 2.57. The monoisotopic (exact) mass is 343 g/mol. The van der Waals surface area contributed by atoms with E-state index >= 15 is 0 Å². The molecule has 7 heteroatoms. The normalized spacial score (nSPS) is 32.5. The minimum atomic E-state index is -4.48. The molecule has 0 aromatic heterocycles. The molecule has 0 saturated heterocycles. The second-order valence-electron chi connectivity index (χ2n) is 6.63. The van der Waals surface area contributed by atoms with Crippen LogP contribution >= 0.6 is 0 Å². The molecule has 3 aliphatic carbocycles. The van der Waals surface area contributed by atoms with E-state index in [4.69, 9.17) is 0 Å². The molecule has 0 heterocycles. The Morgan fingerprint density at radius 1 is 1.29 bits per heavy atom. The number of alkyl carbamates (subject to hydrolysis) is 1. The number of rotatable bonds is 2. The molecule has 1 aromatic carbocycles. The number of hydrogen-bond acceptors (Lipinski definition) is 3. The fourth-order valence-corrected chi connectivity index (χ4v) is 4.28. The van der Waals surface area contributed by atoms with Gasteiger partial charge < -0.3 is 15.2 Å². The molecule has 3 aliphatic rings. The van der Waals surface area contributed by atoms with Crippen molar-refractivity contribution in [3.63, 3.8) is 0 Å². The molecule has 0 radical (unpaired) electrons. The summed E-state index contributed by atoms with van der Waals surface area (Å²) in [5.41, 5.74) is -2.11. The quantitative estimate of drug-likeness (QED) is 0.865. The van der Waals surface area contributed by atoms with Crippen LogP contribution in [0.4, 0.5) is 18.0 Å². The summed E-state index contributed by atoms with van der Waals surface area (Å²) in [6.07, 6.45) is -2.03. The lowest BCUT2D eigenvalue weighted by Crippen LogP contribution is -2.63. The summed E-state index contributed by atoms with van der Waals surface area (Å²) in [7, 11) is 1.22. The van der Waals surface area contributed by atoms with E-state index in [2.05, 4.69) is 10.1 Å². The maximum absolute atomic E-state index is 13.0. The first-order valence-corrected chi connectivity index (χ1v) is 8.01. The van der Waals surface area contributed by atoms with E-state index in [9.17, 15) is 23.1 Å². The van der Waals surface area contributed by atoms with Crippen LogP contribution in [0.25, 0.3) is 0 Å². The van der Waals surface area contributed by atoms with Crippen molar-refractivity contribution in [1.82, 2.24) is 5.32 Å². The van der Waals surface area contributed by atoms with Gasteiger partial charge in [0.15, 0.2) is 0 Å². The lowest BCUT2D eigenvalue weighted by Gasteiger charge is -2.54. The molecule has 2 atom stereocenters. The lowest BCUT2D eigenvalue weighted by atomic mass is 9.57. The average molecular weight is 343 g/mol. The molecule has 2 unspecified atom stereocenters. The molecule has 1 aromatic rings. The molecule has 4 rings (SSSR count). The van der Waals surface area contributed by atoms with Crippen LogP contribution in [-0.2, 0) is 16.5 Å². The van der Waals surface area contributed by atoms with E-state index in [0.29, 0.717) is 0 Å². The molecule has 3 fully saturated rings. The van der Waals surface area contributed by atoms with Crippen LogP contribution in [0.5, 0.6) is 0 Å². The number of alkyl halides is 3. The van der Waals surface area contributed by atoms with Gasteiger partial charge in [-0.2, -0.15) is 13.2 Å². The molecule has 0 aliphatic heterocycles. The van der Waals surface area contributed by atoms with Crippen molar-refractivity contribution in [1.29, 1.82) is 0 Å². The number of nitrogens with one attached hydrogen (secondary N) is 1. The summed E-state index contributed by atoms with van der Waals surface area (Å²) in [5, 5.41) is 14.0. The van der Waals surface area contributed by atoms with Gasteiger partial charge in [-0.1, -0.05) is 12.1 Å². The lowest BCUT2D eigenvalue weighted by molar-refractivity contribution is -0.140. The summed E-state index contributed by atoms with van der Waals surface area (Å²) < 4.78 is 43.7. The van der Waals surface area contributed by atoms with E-state index in [1.165, 1.54) is 19.2 Å². The van der Waals surface area contributed by atoms with Gasteiger partial charge in [-0.05, 0) is 55.2 Å². The van der Waals surface area contributed by atoms with Crippen molar-refractivity contribution in [2.75, 3.05) is 7.11 Å². The van der Waals surface area contributed by atoms with E-state index in [-0.39, 0.29) is 17.4 Å². The maximum atomic E-state index is 13.0. The van der Waals surface area contributed by atoms with Gasteiger partial charge in [0.2, 0.25) is 0 Å². The van der Waals surface area contributed by atoms with E-state index < -0.39 is 29.5 Å². The first kappa shape index (κ1) is 17.1. The SMILES string of the molecule is COC(=O)NC1C2CCC(CC2)C1(O)c1cccc(C(F)(F)F)c1. The van der Waals surface area contributed by atoms with Crippen LogP contribution in [-0.4, -0.2) is 24.4 Å². The Hall–Kier alpha value is -1.76. The summed E-state index contributed by atoms with van der Waals surface area (Å²) in [5.74, 6) is -0.165. The number of methoxy groups -OCH3 is 1. The van der Waals surface area contributed by atoms with Crippen LogP contribution in [0.1, 0.15) is 36.8 Å². The van der Waals surface area contributed by atoms with Crippen molar-refractivity contribution in [2.24, 2.45) is 11.8 Å². The van der Waals surface area contributed by atoms with Gasteiger partial charge in [0.1, 0.15) is 5.60 Å². The van der Waals surface area contributed by atoms with Gasteiger partial charge in [-0.25, -0.2) is 4.79 Å². The molecule has 132 valence electrons. The van der Waals surface area contributed by atoms with Gasteiger partial charge in [-0.3, -0.25) is 0 Å². The van der Waals surface area contributed by atoms with Crippen LogP contribution in [0, 0.1) is 11.8 Å². The molecule has 4 nitrogen and oxygen atoms in total. The van der Waals surface area contributed by atoms with Crippen molar-refractivity contribution >= 4 is 6.09 Å². The highest BCUT2D eigenvalue weighted by atomic mass is 19.4. The van der Waals surface area contributed by atoms with Crippen molar-refractivity contribution < 1.29 is 27.8 Å². The predicted molar refractivity (Wildman–Crippen MR) is 80.1 cm³/mol. The highest BCUT2D eigenvalue weighted by Crippen LogP contribution is 2.52. The van der Waals surface area contributed by atoms with Crippen LogP contribution in [0.15, 0.2) is 24.3 Å². The number of benzene rings is 1. The van der Waals surface area contributed by atoms with E-state index in [0.717, 1.165) is 37.8 Å². The molecular weight excluding hydrogens is 323 g/mol. The minimum Gasteiger partial charge on any atom is -0.453 e. The number of hydrogen-bond donors (Lipinski definition) is 2. The number of fused-ring (bicyclic) bond motifs is 3. The summed E-state index contributed by atoms with van der Waals surface area (Å²) in [6, 6.07) is 4.12. The molecule has 0 spiro atoms. The molecular formula is C17H20F3NO3. The fraction of sp³-hybridized carbons (Fsp3) is 0.588. The molecule has 1 amide bonds. The van der Waals surface area contributed by atoms with Gasteiger partial charge in [0.05, 0.1) is 18.7 Å². The standard InChI is InChI=1S/C17H20F3NO3/c1-24-15(22)21-14-10-5-7-11(8-6-10)16(14,23)12-3-2-4-13(9-12)17(18,19)20/h2-4,9-11,14,23H,5-8H2,1H3,(H,21,22). The predicted octanol–water partition coefficient (Wildman–Crippen LogP) is 3.44. The number of carbonyl (C=O) groups excluding carboxylic acids is 1. The number of carbonyl (C=O) groups is 1. The fourth-order valence-electron chi connectivity index (χ4n) is 4.28. The highest BCUT2D eigenvalue weighted by Gasteiger charge is 2.55. The third-order valence-electron chi connectivity index (χ3n) is 5.45. The van der Waals surface area contributed by atoms with Crippen LogP contribution in [0.2, 0.25) is 0 Å². The zero-order chi connectivity index (χ0) is 17.5. The molecule has 3 saturated carbocycles. The smallest absolute Gasteiger partial charge is 0.416 e. The van der Waals surface area contributed by atoms with Crippen LogP contribution in [0.3, 0.4) is 0 Å². The zero-order valence-electron chi connectivity index (χ0n) is 13.3. The summed E-state index contributed by atoms with van der Waals surface area (Å²) in [4.78, 5) is 11.7. The summed E-state index contributed by atoms with van der Waals surface area (Å²) in [6.45, 7) is 0. The number of amides is 1. The molecule has 2 N–H and O–H groups in total. The minimum absolute atomic E-state index is 0.0219. The molecule has 2 bridgehead atoms. The first-order valence-electron chi connectivity index (χ1n) is 8.01. The Balaban J connectivity index is 2.03. The maximum Gasteiger partial charge on any atom is 0.416 e. The highest BCUT2D eigenvalue weighted by molar-refractivity contribution is 5.67. The number of aliphatic hydroxyl groups is 1. The Labute approximate surface area is 138 Å². The second kappa shape index (κ2) is 5.95. The van der Waals surface area contributed by atoms with Crippen LogP contribution < -0.4 is 5.32 Å². The number of halogens is 3. The largest absolute Gasteiger partial charge is 0.453 e. The van der Waals surface area contributed by atoms with E-state index in [1.54, 1.807) is 0 Å². The second-order valence-corrected chi connectivity index (χ2v) is 6.63. The Kier molecular flexibility index (Phi) is 4.23. The van der Waals surface area contributed by atoms with Crippen molar-refractivity contribution in [2.45, 2.75) is 43.5 Å². The van der Waals surface area contributed by atoms with Gasteiger partial charge in [0, 0.05) is 0 Å². The third-order valence-corrected chi connectivity index (χ3v) is 5.45. The van der Waals surface area contributed by atoms with Gasteiger partial charge >= 0.3 is 12.3 Å². The van der Waals surface area contributed by atoms with Gasteiger partial charge in [-0.15, -0.1) is 0 Å². The Morgan fingerprint density at radius 2 is 1.96 bits per heavy atom. The zero-order valence-corrected chi connectivity index (χ0v) is 13.3. The number of ether oxygens (including phenoxy) is 1. The summed E-state index contributed by atoms with van der Waals surface area (Å²) >= 11 is 0. The topological polar surface area (TPSA) is 58.6 Å². The van der Waals surface area contributed by atoms with Gasteiger partial charge in [0.25, 0.3) is 0 Å². The van der Waals surface area contributed by atoms with Crippen molar-refractivity contribution in [3.8, 4) is 0 Å². The first-order chi connectivity index (χ1) is 11.3. The van der Waals surface area contributed by atoms with E-state index in [1.807, 2.05) is 0 Å². The van der Waals surface area contributed by atoms with Crippen molar-refractivity contribution in [3.05, 3.63) is 35.4 Å². The Bertz CT molecular complexity index is 626.